The van der Waals surface area contributed by atoms with Crippen molar-refractivity contribution in [3.63, 3.8) is 0 Å². The standard InChI is InChI=1S/C16H24N2O4/c1-11(2)18-16(21)15(20)17-10-14(22-9-8-19)13-6-4-12(3)5-7-13/h4-7,11,14,19H,8-10H2,1-3H3,(H,17,20)(H,18,21). The lowest BCUT2D eigenvalue weighted by Crippen LogP contribution is -2.44. The minimum Gasteiger partial charge on any atom is -0.394 e. The molecule has 2 amide bonds. The molecule has 0 saturated carbocycles. The first-order valence-corrected chi connectivity index (χ1v) is 7.31. The molecule has 1 atom stereocenters. The number of aryl methyl sites for hydroxylation is 1. The molecule has 1 unspecified atom stereocenters. The summed E-state index contributed by atoms with van der Waals surface area (Å²) in [7, 11) is 0. The highest BCUT2D eigenvalue weighted by Gasteiger charge is 2.18. The van der Waals surface area contributed by atoms with Gasteiger partial charge >= 0.3 is 11.8 Å². The maximum atomic E-state index is 11.7. The number of aliphatic hydroxyl groups excluding tert-OH is 1. The van der Waals surface area contributed by atoms with Gasteiger partial charge in [-0.3, -0.25) is 9.59 Å². The van der Waals surface area contributed by atoms with Crippen LogP contribution in [-0.2, 0) is 14.3 Å². The van der Waals surface area contributed by atoms with E-state index in [-0.39, 0.29) is 25.8 Å². The summed E-state index contributed by atoms with van der Waals surface area (Å²) in [5.41, 5.74) is 1.99. The Kier molecular flexibility index (Phi) is 7.56. The van der Waals surface area contributed by atoms with Crippen LogP contribution in [0.3, 0.4) is 0 Å². The largest absolute Gasteiger partial charge is 0.394 e. The molecular formula is C16H24N2O4. The summed E-state index contributed by atoms with van der Waals surface area (Å²) in [6, 6.07) is 7.59. The first-order valence-electron chi connectivity index (χ1n) is 7.31. The van der Waals surface area contributed by atoms with Crippen molar-refractivity contribution in [2.75, 3.05) is 19.8 Å². The minimum atomic E-state index is -0.696. The van der Waals surface area contributed by atoms with Crippen molar-refractivity contribution >= 4 is 11.8 Å². The van der Waals surface area contributed by atoms with Crippen molar-refractivity contribution in [2.45, 2.75) is 32.9 Å². The van der Waals surface area contributed by atoms with Crippen LogP contribution in [0, 0.1) is 6.92 Å². The van der Waals surface area contributed by atoms with Crippen LogP contribution in [0.25, 0.3) is 0 Å². The zero-order chi connectivity index (χ0) is 16.5. The molecule has 6 heteroatoms. The normalized spacial score (nSPS) is 12.0. The zero-order valence-electron chi connectivity index (χ0n) is 13.3. The summed E-state index contributed by atoms with van der Waals surface area (Å²) >= 11 is 0. The van der Waals surface area contributed by atoms with E-state index in [0.29, 0.717) is 0 Å². The molecule has 122 valence electrons. The number of carbonyl (C=O) groups is 2. The van der Waals surface area contributed by atoms with Crippen LogP contribution in [0.2, 0.25) is 0 Å². The van der Waals surface area contributed by atoms with Crippen LogP contribution < -0.4 is 10.6 Å². The fraction of sp³-hybridized carbons (Fsp3) is 0.500. The zero-order valence-corrected chi connectivity index (χ0v) is 13.3. The SMILES string of the molecule is Cc1ccc(C(CNC(=O)C(=O)NC(C)C)OCCO)cc1. The van der Waals surface area contributed by atoms with Gasteiger partial charge in [0.25, 0.3) is 0 Å². The molecule has 0 aliphatic heterocycles. The molecule has 0 aliphatic carbocycles. The van der Waals surface area contributed by atoms with E-state index >= 15 is 0 Å². The Hall–Kier alpha value is -1.92. The third-order valence-corrected chi connectivity index (χ3v) is 2.93. The summed E-state index contributed by atoms with van der Waals surface area (Å²) in [6.45, 7) is 5.75. The fourth-order valence-electron chi connectivity index (χ4n) is 1.84. The van der Waals surface area contributed by atoms with E-state index in [9.17, 15) is 9.59 Å². The number of amides is 2. The van der Waals surface area contributed by atoms with Gasteiger partial charge in [-0.15, -0.1) is 0 Å². The molecule has 0 bridgehead atoms. The Morgan fingerprint density at radius 3 is 2.36 bits per heavy atom. The van der Waals surface area contributed by atoms with Crippen LogP contribution in [-0.4, -0.2) is 42.7 Å². The number of hydrogen-bond acceptors (Lipinski definition) is 4. The Labute approximate surface area is 130 Å². The molecule has 1 aromatic carbocycles. The summed E-state index contributed by atoms with van der Waals surface area (Å²) < 4.78 is 5.53. The third-order valence-electron chi connectivity index (χ3n) is 2.93. The molecule has 0 fully saturated rings. The molecule has 0 radical (unpaired) electrons. The highest BCUT2D eigenvalue weighted by atomic mass is 16.5. The van der Waals surface area contributed by atoms with Crippen LogP contribution in [0.4, 0.5) is 0 Å². The molecule has 0 aliphatic rings. The lowest BCUT2D eigenvalue weighted by atomic mass is 10.1. The smallest absolute Gasteiger partial charge is 0.309 e. The van der Waals surface area contributed by atoms with Gasteiger partial charge in [0, 0.05) is 12.6 Å². The molecular weight excluding hydrogens is 284 g/mol. The Morgan fingerprint density at radius 2 is 1.82 bits per heavy atom. The number of carbonyl (C=O) groups excluding carboxylic acids is 2. The fourth-order valence-corrected chi connectivity index (χ4v) is 1.84. The summed E-state index contributed by atoms with van der Waals surface area (Å²) in [5.74, 6) is -1.36. The van der Waals surface area contributed by atoms with Gasteiger partial charge in [0.05, 0.1) is 19.3 Å². The van der Waals surface area contributed by atoms with Gasteiger partial charge in [0.1, 0.15) is 0 Å². The molecule has 6 nitrogen and oxygen atoms in total. The second kappa shape index (κ2) is 9.17. The maximum Gasteiger partial charge on any atom is 0.309 e. The Bertz CT molecular complexity index is 485. The van der Waals surface area contributed by atoms with Gasteiger partial charge in [-0.05, 0) is 26.3 Å². The van der Waals surface area contributed by atoms with Crippen LogP contribution in [0.1, 0.15) is 31.1 Å². The number of benzene rings is 1. The predicted molar refractivity (Wildman–Crippen MR) is 83.2 cm³/mol. The molecule has 1 rings (SSSR count). The van der Waals surface area contributed by atoms with E-state index < -0.39 is 17.9 Å². The van der Waals surface area contributed by atoms with E-state index in [1.54, 1.807) is 13.8 Å². The number of aliphatic hydroxyl groups is 1. The van der Waals surface area contributed by atoms with Crippen LogP contribution >= 0.6 is 0 Å². The van der Waals surface area contributed by atoms with Gasteiger partial charge in [0.2, 0.25) is 0 Å². The first-order chi connectivity index (χ1) is 10.4. The van der Waals surface area contributed by atoms with Crippen molar-refractivity contribution in [3.05, 3.63) is 35.4 Å². The van der Waals surface area contributed by atoms with E-state index in [4.69, 9.17) is 9.84 Å². The van der Waals surface area contributed by atoms with Crippen molar-refractivity contribution in [3.8, 4) is 0 Å². The highest BCUT2D eigenvalue weighted by Crippen LogP contribution is 2.17. The lowest BCUT2D eigenvalue weighted by Gasteiger charge is -2.19. The van der Waals surface area contributed by atoms with E-state index in [1.807, 2.05) is 31.2 Å². The molecule has 0 aromatic heterocycles. The van der Waals surface area contributed by atoms with Crippen molar-refractivity contribution in [1.82, 2.24) is 10.6 Å². The van der Waals surface area contributed by atoms with Gasteiger partial charge in [-0.2, -0.15) is 0 Å². The van der Waals surface area contributed by atoms with E-state index in [1.165, 1.54) is 0 Å². The van der Waals surface area contributed by atoms with Gasteiger partial charge in [-0.1, -0.05) is 29.8 Å². The second-order valence-electron chi connectivity index (χ2n) is 5.33. The highest BCUT2D eigenvalue weighted by molar-refractivity contribution is 6.35. The van der Waals surface area contributed by atoms with Gasteiger partial charge in [0.15, 0.2) is 0 Å². The minimum absolute atomic E-state index is 0.100. The molecule has 0 spiro atoms. The van der Waals surface area contributed by atoms with Crippen molar-refractivity contribution in [2.24, 2.45) is 0 Å². The van der Waals surface area contributed by atoms with Crippen LogP contribution in [0.15, 0.2) is 24.3 Å². The van der Waals surface area contributed by atoms with Gasteiger partial charge in [-0.25, -0.2) is 0 Å². The Morgan fingerprint density at radius 1 is 1.18 bits per heavy atom. The van der Waals surface area contributed by atoms with Gasteiger partial charge < -0.3 is 20.5 Å². The van der Waals surface area contributed by atoms with E-state index in [0.717, 1.165) is 11.1 Å². The predicted octanol–water partition coefficient (Wildman–Crippen LogP) is 0.686. The van der Waals surface area contributed by atoms with E-state index in [2.05, 4.69) is 10.6 Å². The lowest BCUT2D eigenvalue weighted by molar-refractivity contribution is -0.139. The number of ether oxygens (including phenoxy) is 1. The summed E-state index contributed by atoms with van der Waals surface area (Å²) in [5, 5.41) is 14.0. The average molecular weight is 308 g/mol. The second-order valence-corrected chi connectivity index (χ2v) is 5.33. The topological polar surface area (TPSA) is 87.7 Å². The number of rotatable bonds is 7. The average Bonchev–Trinajstić information content (AvgIpc) is 2.47. The number of hydrogen-bond donors (Lipinski definition) is 3. The van der Waals surface area contributed by atoms with Crippen LogP contribution in [0.5, 0.6) is 0 Å². The molecule has 22 heavy (non-hydrogen) atoms. The third kappa shape index (κ3) is 6.24. The quantitative estimate of drug-likeness (QED) is 0.647. The first kappa shape index (κ1) is 18.1. The molecule has 0 saturated heterocycles. The monoisotopic (exact) mass is 308 g/mol. The number of nitrogens with one attached hydrogen (secondary N) is 2. The summed E-state index contributed by atoms with van der Waals surface area (Å²) in [4.78, 5) is 23.3. The molecule has 0 heterocycles. The maximum absolute atomic E-state index is 11.7. The van der Waals surface area contributed by atoms with Crippen molar-refractivity contribution < 1.29 is 19.4 Å². The Balaban J connectivity index is 2.63. The molecule has 1 aromatic rings. The van der Waals surface area contributed by atoms with Crippen molar-refractivity contribution in [1.29, 1.82) is 0 Å². The summed E-state index contributed by atoms with van der Waals surface area (Å²) in [6.07, 6.45) is -0.413. The molecule has 3 N–H and O–H groups in total.